The first-order valence-corrected chi connectivity index (χ1v) is 4.43. The fourth-order valence-electron chi connectivity index (χ4n) is 1.12. The summed E-state index contributed by atoms with van der Waals surface area (Å²) in [6, 6.07) is 4.30. The number of aromatic carboxylic acids is 1. The Labute approximate surface area is 92.3 Å². The van der Waals surface area contributed by atoms with E-state index in [0.717, 1.165) is 6.08 Å². The predicted molar refractivity (Wildman–Crippen MR) is 58.8 cm³/mol. The molecule has 0 saturated heterocycles. The summed E-state index contributed by atoms with van der Waals surface area (Å²) in [5.41, 5.74) is 0.174. The molecule has 0 fully saturated rings. The maximum absolute atomic E-state index is 11.1. The van der Waals surface area contributed by atoms with E-state index >= 15 is 0 Å². The van der Waals surface area contributed by atoms with Gasteiger partial charge < -0.3 is 15.2 Å². The van der Waals surface area contributed by atoms with Gasteiger partial charge in [0.2, 0.25) is 5.91 Å². The molecule has 5 nitrogen and oxygen atoms in total. The number of methoxy groups -OCH3 is 1. The lowest BCUT2D eigenvalue weighted by molar-refractivity contribution is -0.111. The highest BCUT2D eigenvalue weighted by Gasteiger charge is 2.12. The van der Waals surface area contributed by atoms with Crippen LogP contribution in [0.2, 0.25) is 0 Å². The van der Waals surface area contributed by atoms with Crippen molar-refractivity contribution in [2.45, 2.75) is 0 Å². The summed E-state index contributed by atoms with van der Waals surface area (Å²) < 4.78 is 4.93. The summed E-state index contributed by atoms with van der Waals surface area (Å²) in [5, 5.41) is 11.3. The molecule has 1 amide bonds. The number of amides is 1. The van der Waals surface area contributed by atoms with E-state index in [1.807, 2.05) is 0 Å². The lowest BCUT2D eigenvalue weighted by atomic mass is 10.1. The van der Waals surface area contributed by atoms with Gasteiger partial charge in [-0.05, 0) is 18.2 Å². The van der Waals surface area contributed by atoms with Crippen LogP contribution in [0.1, 0.15) is 10.4 Å². The van der Waals surface area contributed by atoms with Crippen LogP contribution in [-0.4, -0.2) is 24.1 Å². The number of benzene rings is 1. The average molecular weight is 221 g/mol. The second-order valence-electron chi connectivity index (χ2n) is 2.91. The summed E-state index contributed by atoms with van der Waals surface area (Å²) in [6.07, 6.45) is 1.06. The molecular weight excluding hydrogens is 210 g/mol. The van der Waals surface area contributed by atoms with Gasteiger partial charge in [0.15, 0.2) is 0 Å². The minimum absolute atomic E-state index is 0.00370. The molecule has 0 spiro atoms. The molecule has 1 rings (SSSR count). The predicted octanol–water partition coefficient (Wildman–Crippen LogP) is 1.52. The number of carbonyl (C=O) groups is 2. The van der Waals surface area contributed by atoms with E-state index in [9.17, 15) is 9.59 Å². The SMILES string of the molecule is C=CC(=O)Nc1cc(OC)ccc1C(=O)O. The van der Waals surface area contributed by atoms with Gasteiger partial charge in [0.25, 0.3) is 0 Å². The van der Waals surface area contributed by atoms with Gasteiger partial charge in [-0.3, -0.25) is 4.79 Å². The average Bonchev–Trinajstić information content (AvgIpc) is 2.28. The van der Waals surface area contributed by atoms with Crippen LogP contribution in [0.4, 0.5) is 5.69 Å². The molecule has 5 heteroatoms. The molecule has 0 saturated carbocycles. The Morgan fingerprint density at radius 2 is 2.19 bits per heavy atom. The molecule has 0 aliphatic heterocycles. The third-order valence-electron chi connectivity index (χ3n) is 1.90. The van der Waals surface area contributed by atoms with E-state index in [1.165, 1.54) is 25.3 Å². The van der Waals surface area contributed by atoms with Crippen molar-refractivity contribution in [1.82, 2.24) is 0 Å². The van der Waals surface area contributed by atoms with Crippen LogP contribution in [0.3, 0.4) is 0 Å². The molecule has 1 aromatic carbocycles. The molecule has 2 N–H and O–H groups in total. The zero-order chi connectivity index (χ0) is 12.1. The topological polar surface area (TPSA) is 75.6 Å². The molecule has 0 atom stereocenters. The lowest BCUT2D eigenvalue weighted by Crippen LogP contribution is -2.11. The van der Waals surface area contributed by atoms with Crippen molar-refractivity contribution in [2.75, 3.05) is 12.4 Å². The third-order valence-corrected chi connectivity index (χ3v) is 1.90. The van der Waals surface area contributed by atoms with E-state index in [2.05, 4.69) is 11.9 Å². The smallest absolute Gasteiger partial charge is 0.337 e. The van der Waals surface area contributed by atoms with E-state index in [0.29, 0.717) is 5.75 Å². The van der Waals surface area contributed by atoms with Crippen molar-refractivity contribution in [1.29, 1.82) is 0 Å². The number of nitrogens with one attached hydrogen (secondary N) is 1. The van der Waals surface area contributed by atoms with Crippen LogP contribution in [0, 0.1) is 0 Å². The zero-order valence-corrected chi connectivity index (χ0v) is 8.69. The minimum Gasteiger partial charge on any atom is -0.497 e. The van der Waals surface area contributed by atoms with Gasteiger partial charge in [-0.1, -0.05) is 6.58 Å². The highest BCUT2D eigenvalue weighted by molar-refractivity contribution is 6.04. The van der Waals surface area contributed by atoms with E-state index in [1.54, 1.807) is 0 Å². The van der Waals surface area contributed by atoms with Crippen LogP contribution >= 0.6 is 0 Å². The Bertz CT molecular complexity index is 440. The van der Waals surface area contributed by atoms with Crippen molar-refractivity contribution >= 4 is 17.6 Å². The van der Waals surface area contributed by atoms with Crippen LogP contribution in [0.25, 0.3) is 0 Å². The van der Waals surface area contributed by atoms with Gasteiger partial charge in [0.05, 0.1) is 18.4 Å². The monoisotopic (exact) mass is 221 g/mol. The van der Waals surface area contributed by atoms with Gasteiger partial charge in [-0.2, -0.15) is 0 Å². The molecule has 0 heterocycles. The van der Waals surface area contributed by atoms with Gasteiger partial charge in [-0.15, -0.1) is 0 Å². The largest absolute Gasteiger partial charge is 0.497 e. The molecule has 0 aliphatic rings. The number of ether oxygens (including phenoxy) is 1. The maximum Gasteiger partial charge on any atom is 0.337 e. The molecule has 0 unspecified atom stereocenters. The van der Waals surface area contributed by atoms with Gasteiger partial charge in [-0.25, -0.2) is 4.79 Å². The maximum atomic E-state index is 11.1. The first-order valence-electron chi connectivity index (χ1n) is 4.43. The van der Waals surface area contributed by atoms with Crippen molar-refractivity contribution in [3.8, 4) is 5.75 Å². The minimum atomic E-state index is -1.12. The van der Waals surface area contributed by atoms with E-state index in [4.69, 9.17) is 9.84 Å². The number of hydrogen-bond donors (Lipinski definition) is 2. The Morgan fingerprint density at radius 3 is 2.69 bits per heavy atom. The van der Waals surface area contributed by atoms with Crippen LogP contribution in [0.15, 0.2) is 30.9 Å². The molecule has 0 bridgehead atoms. The van der Waals surface area contributed by atoms with Crippen molar-refractivity contribution in [2.24, 2.45) is 0 Å². The van der Waals surface area contributed by atoms with E-state index < -0.39 is 11.9 Å². The van der Waals surface area contributed by atoms with Crippen molar-refractivity contribution in [3.05, 3.63) is 36.4 Å². The summed E-state index contributed by atoms with van der Waals surface area (Å²) in [7, 11) is 1.45. The molecule has 0 aliphatic carbocycles. The van der Waals surface area contributed by atoms with Crippen LogP contribution in [-0.2, 0) is 4.79 Å². The second kappa shape index (κ2) is 4.97. The Balaban J connectivity index is 3.14. The third kappa shape index (κ3) is 2.60. The number of carbonyl (C=O) groups excluding carboxylic acids is 1. The van der Waals surface area contributed by atoms with Crippen LogP contribution < -0.4 is 10.1 Å². The molecular formula is C11H11NO4. The summed E-state index contributed by atoms with van der Waals surface area (Å²) in [6.45, 7) is 3.28. The fraction of sp³-hybridized carbons (Fsp3) is 0.0909. The standard InChI is InChI=1S/C11H11NO4/c1-3-10(13)12-9-6-7(16-2)4-5-8(9)11(14)15/h3-6H,1H2,2H3,(H,12,13)(H,14,15). The second-order valence-corrected chi connectivity index (χ2v) is 2.91. The number of carboxylic acids is 1. The Morgan fingerprint density at radius 1 is 1.50 bits per heavy atom. The van der Waals surface area contributed by atoms with Crippen molar-refractivity contribution < 1.29 is 19.4 Å². The van der Waals surface area contributed by atoms with Gasteiger partial charge in [0, 0.05) is 6.07 Å². The lowest BCUT2D eigenvalue weighted by Gasteiger charge is -2.08. The van der Waals surface area contributed by atoms with E-state index in [-0.39, 0.29) is 11.3 Å². The normalized spacial score (nSPS) is 9.31. The molecule has 0 aromatic heterocycles. The highest BCUT2D eigenvalue weighted by atomic mass is 16.5. The summed E-state index contributed by atoms with van der Waals surface area (Å²) in [4.78, 5) is 22.0. The molecule has 0 radical (unpaired) electrons. The van der Waals surface area contributed by atoms with Gasteiger partial charge in [0.1, 0.15) is 5.75 Å². The molecule has 84 valence electrons. The van der Waals surface area contributed by atoms with Crippen molar-refractivity contribution in [3.63, 3.8) is 0 Å². The number of hydrogen-bond acceptors (Lipinski definition) is 3. The first-order chi connectivity index (χ1) is 7.58. The first kappa shape index (κ1) is 11.8. The number of rotatable bonds is 4. The quantitative estimate of drug-likeness (QED) is 0.756. The van der Waals surface area contributed by atoms with Gasteiger partial charge >= 0.3 is 5.97 Å². The van der Waals surface area contributed by atoms with Crippen LogP contribution in [0.5, 0.6) is 5.75 Å². The Hall–Kier alpha value is -2.30. The summed E-state index contributed by atoms with van der Waals surface area (Å²) >= 11 is 0. The number of carboxylic acid groups (broad SMARTS) is 1. The molecule has 1 aromatic rings. The highest BCUT2D eigenvalue weighted by Crippen LogP contribution is 2.22. The molecule has 16 heavy (non-hydrogen) atoms. The Kier molecular flexibility index (Phi) is 3.66. The fourth-order valence-corrected chi connectivity index (χ4v) is 1.12. The zero-order valence-electron chi connectivity index (χ0n) is 8.69. The summed E-state index contributed by atoms with van der Waals surface area (Å²) in [5.74, 6) is -1.14. The number of anilines is 1.